The number of carbonyl (C=O) groups excluding carboxylic acids is 9. The predicted octanol–water partition coefficient (Wildman–Crippen LogP) is -4.91. The van der Waals surface area contributed by atoms with Crippen molar-refractivity contribution in [1.82, 2.24) is 47.9 Å². The standard InChI is InChI=1S/C53H91N17O14/c1-28(2)22-32(55)43(75)66-36(23-29(3)4)47(79)65-35(18-13-21-61-53(58)59)46(78)69-39(27-71)50(82)64-33(16-10-11-19-54)44(76)62-26-40(72)63-34(17-12-20-60-52(56)57)45(77)68-38(25-41(73)74)48(80)67-37(24-31-14-8-7-9-15-31)49(81)70-42(30(5)6)51(83)84/h7-9,14-15,28-30,32-39,42,71H,10-13,16-27,54-55H2,1-6H3,(H,62,76)(H,63,72)(H,64,82)(H,65,79)(H,66,75)(H,67,80)(H,68,77)(H,69,78)(H,70,81)(H,73,74)(H,83,84)(H4,56,57,60)(H4,58,59,61)/t32-,33-,34-,35-,36-,37-,38-,39-,42-/m0/s1. The van der Waals surface area contributed by atoms with Crippen LogP contribution in [0.5, 0.6) is 0 Å². The van der Waals surface area contributed by atoms with Crippen LogP contribution in [0.2, 0.25) is 0 Å². The number of carbonyl (C=O) groups is 11. The van der Waals surface area contributed by atoms with Crippen molar-refractivity contribution in [2.75, 3.05) is 32.8 Å². The summed E-state index contributed by atoms with van der Waals surface area (Å²) in [6.07, 6.45) is -0.239. The van der Waals surface area contributed by atoms with Gasteiger partial charge in [-0.1, -0.05) is 71.9 Å². The van der Waals surface area contributed by atoms with Gasteiger partial charge in [0, 0.05) is 19.5 Å². The minimum Gasteiger partial charge on any atom is -0.481 e. The Labute approximate surface area is 489 Å². The zero-order chi connectivity index (χ0) is 63.6. The van der Waals surface area contributed by atoms with E-state index in [-0.39, 0.29) is 94.8 Å². The third-order valence-corrected chi connectivity index (χ3v) is 12.6. The highest BCUT2D eigenvalue weighted by Crippen LogP contribution is 2.12. The number of aliphatic hydroxyl groups is 1. The van der Waals surface area contributed by atoms with Gasteiger partial charge in [0.1, 0.15) is 48.3 Å². The molecule has 0 saturated heterocycles. The van der Waals surface area contributed by atoms with Crippen molar-refractivity contribution in [3.63, 3.8) is 0 Å². The first-order valence-electron chi connectivity index (χ1n) is 27.8. The second kappa shape index (κ2) is 39.3. The van der Waals surface area contributed by atoms with Gasteiger partial charge < -0.3 is 97.6 Å². The number of benzene rings is 1. The maximum Gasteiger partial charge on any atom is 0.326 e. The van der Waals surface area contributed by atoms with Gasteiger partial charge in [-0.2, -0.15) is 0 Å². The highest BCUT2D eigenvalue weighted by atomic mass is 16.4. The van der Waals surface area contributed by atoms with Crippen molar-refractivity contribution in [3.05, 3.63) is 35.9 Å². The molecule has 0 radical (unpaired) electrons. The highest BCUT2D eigenvalue weighted by Gasteiger charge is 2.35. The third kappa shape index (κ3) is 30.2. The third-order valence-electron chi connectivity index (χ3n) is 12.6. The Morgan fingerprint density at radius 1 is 0.512 bits per heavy atom. The first-order valence-corrected chi connectivity index (χ1v) is 27.8. The number of carboxylic acid groups (broad SMARTS) is 2. The molecule has 84 heavy (non-hydrogen) atoms. The summed E-state index contributed by atoms with van der Waals surface area (Å²) in [6.45, 7) is 8.86. The van der Waals surface area contributed by atoms with E-state index in [1.54, 1.807) is 44.2 Å². The number of nitrogens with two attached hydrogens (primary N) is 6. The normalized spacial score (nSPS) is 14.3. The van der Waals surface area contributed by atoms with E-state index >= 15 is 0 Å². The van der Waals surface area contributed by atoms with Crippen LogP contribution in [-0.4, -0.2) is 180 Å². The maximum atomic E-state index is 14.0. The van der Waals surface area contributed by atoms with Crippen LogP contribution in [0.25, 0.3) is 0 Å². The number of nitrogens with zero attached hydrogens (tertiary/aromatic N) is 2. The van der Waals surface area contributed by atoms with Gasteiger partial charge in [-0.25, -0.2) is 4.79 Å². The van der Waals surface area contributed by atoms with Crippen LogP contribution in [0.1, 0.15) is 111 Å². The second-order valence-electron chi connectivity index (χ2n) is 21.3. The van der Waals surface area contributed by atoms with Crippen LogP contribution in [-0.2, 0) is 59.2 Å². The van der Waals surface area contributed by atoms with Gasteiger partial charge in [-0.05, 0) is 87.6 Å². The molecular weight excluding hydrogens is 1100 g/mol. The van der Waals surface area contributed by atoms with E-state index in [1.165, 1.54) is 0 Å². The van der Waals surface area contributed by atoms with Gasteiger partial charge in [-0.15, -0.1) is 0 Å². The molecule has 0 aliphatic carbocycles. The van der Waals surface area contributed by atoms with Gasteiger partial charge in [0.15, 0.2) is 11.9 Å². The largest absolute Gasteiger partial charge is 0.481 e. The van der Waals surface area contributed by atoms with E-state index in [4.69, 9.17) is 34.4 Å². The molecule has 0 fully saturated rings. The quantitative estimate of drug-likeness (QED) is 0.0166. The molecule has 0 heterocycles. The van der Waals surface area contributed by atoms with Gasteiger partial charge in [0.25, 0.3) is 0 Å². The fourth-order valence-electron chi connectivity index (χ4n) is 8.20. The Hall–Kier alpha value is -8.19. The van der Waals surface area contributed by atoms with Crippen LogP contribution in [0.15, 0.2) is 40.3 Å². The number of aliphatic carboxylic acids is 2. The number of rotatable bonds is 41. The van der Waals surface area contributed by atoms with E-state index < -0.39 is 145 Å². The average Bonchev–Trinajstić information content (AvgIpc) is 3.48. The molecule has 1 rings (SSSR count). The molecule has 31 heteroatoms. The topological polar surface area (TPSA) is 538 Å². The van der Waals surface area contributed by atoms with Crippen molar-refractivity contribution in [2.24, 2.45) is 62.1 Å². The number of nitrogens with one attached hydrogen (secondary N) is 9. The van der Waals surface area contributed by atoms with Crippen LogP contribution >= 0.6 is 0 Å². The summed E-state index contributed by atoms with van der Waals surface area (Å²) in [4.78, 5) is 155. The second-order valence-corrected chi connectivity index (χ2v) is 21.3. The number of carboxylic acids is 2. The molecule has 0 saturated carbocycles. The fourth-order valence-corrected chi connectivity index (χ4v) is 8.20. The van der Waals surface area contributed by atoms with Gasteiger partial charge in [0.05, 0.1) is 25.6 Å². The molecule has 1 aromatic carbocycles. The Morgan fingerprint density at radius 2 is 0.952 bits per heavy atom. The van der Waals surface area contributed by atoms with E-state index in [0.29, 0.717) is 18.4 Å². The zero-order valence-electron chi connectivity index (χ0n) is 48.8. The number of aliphatic imine (C=N–C) groups is 2. The first-order chi connectivity index (χ1) is 39.5. The van der Waals surface area contributed by atoms with Crippen molar-refractivity contribution < 1.29 is 68.1 Å². The number of aliphatic hydroxyl groups excluding tert-OH is 1. The number of hydrogen-bond acceptors (Lipinski definition) is 16. The summed E-state index contributed by atoms with van der Waals surface area (Å²) in [5, 5.41) is 52.0. The molecule has 1 aromatic rings. The van der Waals surface area contributed by atoms with E-state index in [1.807, 2.05) is 27.7 Å². The summed E-state index contributed by atoms with van der Waals surface area (Å²) in [6, 6.07) is -4.50. The maximum absolute atomic E-state index is 14.0. The van der Waals surface area contributed by atoms with Gasteiger partial charge in [0.2, 0.25) is 53.2 Å². The van der Waals surface area contributed by atoms with Crippen molar-refractivity contribution in [1.29, 1.82) is 0 Å². The van der Waals surface area contributed by atoms with Crippen LogP contribution in [0.4, 0.5) is 0 Å². The van der Waals surface area contributed by atoms with E-state index in [0.717, 1.165) is 0 Å². The summed E-state index contributed by atoms with van der Waals surface area (Å²) in [5.74, 6) is -12.4. The first kappa shape index (κ1) is 73.8. The van der Waals surface area contributed by atoms with E-state index in [2.05, 4.69) is 57.8 Å². The Morgan fingerprint density at radius 3 is 1.44 bits per heavy atom. The van der Waals surface area contributed by atoms with Crippen LogP contribution < -0.4 is 82.3 Å². The molecule has 0 aliphatic heterocycles. The predicted molar refractivity (Wildman–Crippen MR) is 310 cm³/mol. The zero-order valence-corrected chi connectivity index (χ0v) is 48.8. The van der Waals surface area contributed by atoms with Crippen LogP contribution in [0.3, 0.4) is 0 Å². The Bertz CT molecular complexity index is 2390. The summed E-state index contributed by atoms with van der Waals surface area (Å²) < 4.78 is 0. The number of hydrogen-bond donors (Lipinski definition) is 18. The molecule has 24 N–H and O–H groups in total. The Balaban J connectivity index is 3.42. The number of unbranched alkanes of at least 4 members (excludes halogenated alkanes) is 1. The van der Waals surface area contributed by atoms with Crippen molar-refractivity contribution in [3.8, 4) is 0 Å². The molecule has 31 nitrogen and oxygen atoms in total. The molecule has 0 spiro atoms. The lowest BCUT2D eigenvalue weighted by molar-refractivity contribution is -0.144. The molecule has 0 bridgehead atoms. The van der Waals surface area contributed by atoms with E-state index in [9.17, 15) is 68.1 Å². The lowest BCUT2D eigenvalue weighted by atomic mass is 10.00. The average molecular weight is 1190 g/mol. The van der Waals surface area contributed by atoms with Crippen molar-refractivity contribution in [2.45, 2.75) is 167 Å². The highest BCUT2D eigenvalue weighted by molar-refractivity contribution is 5.98. The Kier molecular flexibility index (Phi) is 34.6. The van der Waals surface area contributed by atoms with Gasteiger partial charge >= 0.3 is 11.9 Å². The fraction of sp³-hybridized carbons (Fsp3) is 0.642. The number of guanidine groups is 2. The minimum atomic E-state index is -1.87. The summed E-state index contributed by atoms with van der Waals surface area (Å²) >= 11 is 0. The lowest BCUT2D eigenvalue weighted by Crippen LogP contribution is -2.60. The molecular formula is C53H91N17O14. The molecule has 0 aliphatic rings. The summed E-state index contributed by atoms with van der Waals surface area (Å²) in [5.41, 5.74) is 34.1. The summed E-state index contributed by atoms with van der Waals surface area (Å²) in [7, 11) is 0. The minimum absolute atomic E-state index is 0.0336. The van der Waals surface area contributed by atoms with Crippen LogP contribution in [0, 0.1) is 17.8 Å². The lowest BCUT2D eigenvalue weighted by Gasteiger charge is -2.27. The van der Waals surface area contributed by atoms with Crippen molar-refractivity contribution >= 4 is 77.0 Å². The number of amides is 9. The monoisotopic (exact) mass is 1190 g/mol. The van der Waals surface area contributed by atoms with Gasteiger partial charge in [-0.3, -0.25) is 57.9 Å². The molecule has 0 unspecified atom stereocenters. The molecule has 0 aromatic heterocycles. The smallest absolute Gasteiger partial charge is 0.326 e. The SMILES string of the molecule is CC(C)C[C@H](NC(=O)[C@@H](N)CC(C)C)C(=O)N[C@@H](CCCN=C(N)N)C(=O)N[C@@H](CO)C(=O)N[C@@H](CCCCN)C(=O)NCC(=O)N[C@@H](CCCN=C(N)N)C(=O)N[C@@H](CC(=O)O)C(=O)N[C@@H](Cc1ccccc1)C(=O)N[C@H](C(=O)O)C(C)C. The molecule has 9 atom stereocenters. The molecule has 472 valence electrons. The molecule has 9 amide bonds.